The monoisotopic (exact) mass is 869 g/mol. The molecule has 3 heterocycles. The van der Waals surface area contributed by atoms with E-state index in [4.69, 9.17) is 9.72 Å². The molecule has 334 valence electrons. The quantitative estimate of drug-likeness (QED) is 0.101. The molecule has 9 aromatic rings. The van der Waals surface area contributed by atoms with Gasteiger partial charge in [0, 0.05) is 29.2 Å². The van der Waals surface area contributed by atoms with E-state index in [2.05, 4.69) is 249 Å². The Bertz CT molecular complexity index is 3190. The molecule has 66 heavy (non-hydrogen) atoms. The van der Waals surface area contributed by atoms with Crippen LogP contribution in [0.2, 0.25) is 0 Å². The Kier molecular flexibility index (Phi) is 11.6. The lowest BCUT2D eigenvalue weighted by molar-refractivity contribution is -0.599. The van der Waals surface area contributed by atoms with Crippen molar-refractivity contribution in [3.05, 3.63) is 186 Å². The fourth-order valence-corrected chi connectivity index (χ4v) is 9.30. The highest BCUT2D eigenvalue weighted by Gasteiger charge is 2.25. The molecule has 0 aliphatic carbocycles. The van der Waals surface area contributed by atoms with Gasteiger partial charge < -0.3 is 4.74 Å². The smallest absolute Gasteiger partial charge is 0.269 e. The summed E-state index contributed by atoms with van der Waals surface area (Å²) in [6, 6.07) is 50.3. The van der Waals surface area contributed by atoms with Gasteiger partial charge in [-0.05, 0) is 134 Å². The molecule has 0 N–H and O–H groups in total. The number of imidazole rings is 1. The van der Waals surface area contributed by atoms with Crippen molar-refractivity contribution in [2.75, 3.05) is 0 Å². The van der Waals surface area contributed by atoms with Crippen LogP contribution < -0.4 is 9.30 Å². The van der Waals surface area contributed by atoms with Gasteiger partial charge in [0.05, 0.1) is 28.1 Å². The molecule has 3 aromatic heterocycles. The van der Waals surface area contributed by atoms with Gasteiger partial charge in [-0.1, -0.05) is 156 Å². The zero-order chi connectivity index (χ0) is 46.7. The molecule has 0 bridgehead atoms. The maximum atomic E-state index is 6.97. The molecule has 0 saturated heterocycles. The average Bonchev–Trinajstić information content (AvgIpc) is 3.89. The first-order valence-electron chi connectivity index (χ1n) is 23.7. The molecule has 6 aromatic carbocycles. The normalized spacial score (nSPS) is 12.3. The van der Waals surface area contributed by atoms with Gasteiger partial charge in [-0.15, -0.1) is 0 Å². The van der Waals surface area contributed by atoms with E-state index in [1.165, 1.54) is 38.8 Å². The third kappa shape index (κ3) is 8.60. The van der Waals surface area contributed by atoms with E-state index in [0.29, 0.717) is 17.8 Å². The third-order valence-electron chi connectivity index (χ3n) is 13.0. The fourth-order valence-electron chi connectivity index (χ4n) is 9.30. The van der Waals surface area contributed by atoms with E-state index in [9.17, 15) is 0 Å². The summed E-state index contributed by atoms with van der Waals surface area (Å²) in [5.74, 6) is 3.61. The van der Waals surface area contributed by atoms with Gasteiger partial charge in [-0.2, -0.15) is 0 Å². The van der Waals surface area contributed by atoms with E-state index < -0.39 is 0 Å². The molecule has 0 unspecified atom stereocenters. The number of rotatable bonds is 10. The maximum Gasteiger partial charge on any atom is 0.269 e. The van der Waals surface area contributed by atoms with Crippen molar-refractivity contribution in [1.82, 2.24) is 14.1 Å². The van der Waals surface area contributed by atoms with Gasteiger partial charge in [0.15, 0.2) is 0 Å². The molecule has 0 atom stereocenters. The predicted molar refractivity (Wildman–Crippen MR) is 275 cm³/mol. The zero-order valence-corrected chi connectivity index (χ0v) is 40.9. The van der Waals surface area contributed by atoms with Gasteiger partial charge in [-0.25, -0.2) is 4.98 Å². The summed E-state index contributed by atoms with van der Waals surface area (Å²) in [6.45, 7) is 27.4. The molecule has 0 fully saturated rings. The second-order valence-electron chi connectivity index (χ2n) is 21.0. The Hall–Kier alpha value is -6.72. The Balaban J connectivity index is 1.17. The van der Waals surface area contributed by atoms with Crippen LogP contribution >= 0.6 is 0 Å². The van der Waals surface area contributed by atoms with Crippen molar-refractivity contribution < 1.29 is 9.30 Å². The highest BCUT2D eigenvalue weighted by molar-refractivity contribution is 6.09. The SMILES string of the molecule is CC(C)c1cc(C(C)C)c(-c2cccc(-[n+]3[c-]n(-c4cc(Oc5ccc6c7ccccc7n(-c7cc(C(C)(C)C)ccn7)c6c5)cc(-c5ccccc5)c4)c(C(C)(C)C)c3)c2)c(C(C)C)c1. The minimum absolute atomic E-state index is 0.0192. The van der Waals surface area contributed by atoms with Crippen molar-refractivity contribution in [2.24, 2.45) is 0 Å². The molecule has 5 nitrogen and oxygen atoms in total. The van der Waals surface area contributed by atoms with Crippen LogP contribution in [0.1, 0.15) is 129 Å². The summed E-state index contributed by atoms with van der Waals surface area (Å²) in [6.07, 6.45) is 7.99. The summed E-state index contributed by atoms with van der Waals surface area (Å²) in [7, 11) is 0. The van der Waals surface area contributed by atoms with Gasteiger partial charge in [0.25, 0.3) is 6.33 Å². The highest BCUT2D eigenvalue weighted by atomic mass is 16.5. The van der Waals surface area contributed by atoms with Crippen LogP contribution in [0.5, 0.6) is 11.5 Å². The molecular formula is C61H64N4O. The number of aromatic nitrogens is 4. The Morgan fingerprint density at radius 2 is 1.24 bits per heavy atom. The number of ether oxygens (including phenoxy) is 1. The summed E-state index contributed by atoms with van der Waals surface area (Å²) in [5.41, 5.74) is 15.3. The molecule has 0 spiro atoms. The first-order chi connectivity index (χ1) is 31.4. The second kappa shape index (κ2) is 17.3. The minimum atomic E-state index is -0.206. The largest absolute Gasteiger partial charge is 0.458 e. The van der Waals surface area contributed by atoms with Crippen LogP contribution in [0.25, 0.3) is 61.3 Å². The topological polar surface area (TPSA) is 35.9 Å². The average molecular weight is 869 g/mol. The molecule has 0 aliphatic rings. The predicted octanol–water partition coefficient (Wildman–Crippen LogP) is 16.1. The number of nitrogens with zero attached hydrogens (tertiary/aromatic N) is 4. The van der Waals surface area contributed by atoms with Crippen LogP contribution in [0.4, 0.5) is 0 Å². The van der Waals surface area contributed by atoms with Crippen molar-refractivity contribution in [3.8, 4) is 50.9 Å². The van der Waals surface area contributed by atoms with E-state index in [0.717, 1.165) is 61.9 Å². The van der Waals surface area contributed by atoms with Crippen LogP contribution in [0, 0.1) is 6.33 Å². The van der Waals surface area contributed by atoms with Crippen molar-refractivity contribution in [2.45, 2.75) is 112 Å². The van der Waals surface area contributed by atoms with Gasteiger partial charge in [-0.3, -0.25) is 13.7 Å². The lowest BCUT2D eigenvalue weighted by atomic mass is 9.82. The molecular weight excluding hydrogens is 805 g/mol. The summed E-state index contributed by atoms with van der Waals surface area (Å²) in [4.78, 5) is 4.92. The first kappa shape index (κ1) is 44.5. The Morgan fingerprint density at radius 1 is 0.561 bits per heavy atom. The first-order valence-corrected chi connectivity index (χ1v) is 23.7. The lowest BCUT2D eigenvalue weighted by Gasteiger charge is -2.23. The molecule has 5 heteroatoms. The van der Waals surface area contributed by atoms with Crippen molar-refractivity contribution in [3.63, 3.8) is 0 Å². The summed E-state index contributed by atoms with van der Waals surface area (Å²) in [5, 5.41) is 2.33. The van der Waals surface area contributed by atoms with Crippen LogP contribution in [-0.2, 0) is 10.8 Å². The minimum Gasteiger partial charge on any atom is -0.458 e. The van der Waals surface area contributed by atoms with E-state index in [1.54, 1.807) is 0 Å². The molecule has 9 rings (SSSR count). The molecule has 0 saturated carbocycles. The number of pyridine rings is 1. The molecule has 0 amide bonds. The Morgan fingerprint density at radius 3 is 1.92 bits per heavy atom. The van der Waals surface area contributed by atoms with E-state index >= 15 is 0 Å². The van der Waals surface area contributed by atoms with Gasteiger partial charge in [0.1, 0.15) is 17.3 Å². The lowest BCUT2D eigenvalue weighted by Crippen LogP contribution is -2.28. The van der Waals surface area contributed by atoms with Gasteiger partial charge >= 0.3 is 0 Å². The highest BCUT2D eigenvalue weighted by Crippen LogP contribution is 2.41. The molecule has 0 radical (unpaired) electrons. The van der Waals surface area contributed by atoms with Crippen molar-refractivity contribution in [1.29, 1.82) is 0 Å². The zero-order valence-electron chi connectivity index (χ0n) is 40.9. The number of hydrogen-bond acceptors (Lipinski definition) is 2. The second-order valence-corrected chi connectivity index (χ2v) is 21.0. The number of hydrogen-bond donors (Lipinski definition) is 0. The third-order valence-corrected chi connectivity index (χ3v) is 13.0. The number of para-hydroxylation sites is 1. The number of fused-ring (bicyclic) bond motifs is 3. The van der Waals surface area contributed by atoms with Crippen LogP contribution in [0.15, 0.2) is 152 Å². The Labute approximate surface area is 392 Å². The summed E-state index contributed by atoms with van der Waals surface area (Å²) >= 11 is 0. The van der Waals surface area contributed by atoms with Crippen LogP contribution in [0.3, 0.4) is 0 Å². The van der Waals surface area contributed by atoms with E-state index in [1.807, 2.05) is 6.20 Å². The standard InChI is InChI=1S/C61H64N4O/c1-39(2)44-32-53(40(3)4)59(54(33-44)41(5)6)43-21-18-22-47(29-43)63-37-57(61(10,11)12)64(38-63)48-30-45(42-19-14-13-15-20-42)31-50(35-48)66-49-25-26-52-51-23-16-17-24-55(51)65(56(52)36-49)58-34-46(27-28-62-58)60(7,8)9/h13-37,39-41H,1-12H3. The van der Waals surface area contributed by atoms with E-state index in [-0.39, 0.29) is 10.8 Å². The van der Waals surface area contributed by atoms with Gasteiger partial charge in [0.2, 0.25) is 0 Å². The summed E-state index contributed by atoms with van der Waals surface area (Å²) < 4.78 is 13.6. The molecule has 0 aliphatic heterocycles. The maximum absolute atomic E-state index is 6.97. The number of benzene rings is 6. The van der Waals surface area contributed by atoms with Crippen LogP contribution in [-0.4, -0.2) is 14.1 Å². The fraction of sp³-hybridized carbons (Fsp3) is 0.279. The van der Waals surface area contributed by atoms with Crippen molar-refractivity contribution >= 4 is 21.8 Å².